The van der Waals surface area contributed by atoms with Gasteiger partial charge in [-0.05, 0) is 48.9 Å². The van der Waals surface area contributed by atoms with Crippen molar-refractivity contribution in [3.8, 4) is 28.6 Å². The maximum Gasteiger partial charge on any atom is 0.191 e. The standard InChI is InChI=1S/C24H23N3O2S/c1-3-27-23(21-11-7-8-12-22(21)29-20-9-5-4-6-10-20)25-26-24(27)30-17-18-13-15-19(28-2)16-14-18/h4-16H,3,17H2,1-2H3. The first-order chi connectivity index (χ1) is 14.8. The summed E-state index contributed by atoms with van der Waals surface area (Å²) in [5.41, 5.74) is 2.13. The van der Waals surface area contributed by atoms with E-state index in [2.05, 4.69) is 33.8 Å². The Hall–Kier alpha value is -3.25. The number of rotatable bonds is 8. The van der Waals surface area contributed by atoms with Gasteiger partial charge in [0.2, 0.25) is 0 Å². The van der Waals surface area contributed by atoms with E-state index < -0.39 is 0 Å². The molecule has 1 heterocycles. The fourth-order valence-electron chi connectivity index (χ4n) is 3.11. The van der Waals surface area contributed by atoms with E-state index in [1.54, 1.807) is 18.9 Å². The van der Waals surface area contributed by atoms with Crippen molar-refractivity contribution in [2.24, 2.45) is 0 Å². The number of para-hydroxylation sites is 2. The SMILES string of the molecule is CCn1c(SCc2ccc(OC)cc2)nnc1-c1ccccc1Oc1ccccc1. The molecule has 0 saturated carbocycles. The van der Waals surface area contributed by atoms with E-state index in [1.165, 1.54) is 5.56 Å². The van der Waals surface area contributed by atoms with E-state index in [1.807, 2.05) is 66.7 Å². The minimum atomic E-state index is 0.762. The second-order valence-electron chi connectivity index (χ2n) is 6.60. The van der Waals surface area contributed by atoms with E-state index in [0.717, 1.165) is 46.1 Å². The van der Waals surface area contributed by atoms with E-state index in [4.69, 9.17) is 9.47 Å². The average Bonchev–Trinajstić information content (AvgIpc) is 3.22. The van der Waals surface area contributed by atoms with Gasteiger partial charge in [-0.15, -0.1) is 10.2 Å². The highest BCUT2D eigenvalue weighted by Crippen LogP contribution is 2.34. The van der Waals surface area contributed by atoms with Crippen LogP contribution in [0.1, 0.15) is 12.5 Å². The van der Waals surface area contributed by atoms with Crippen LogP contribution >= 0.6 is 11.8 Å². The molecule has 152 valence electrons. The molecule has 0 aliphatic rings. The third-order valence-electron chi connectivity index (χ3n) is 4.66. The van der Waals surface area contributed by atoms with Crippen LogP contribution < -0.4 is 9.47 Å². The Balaban J connectivity index is 1.58. The normalized spacial score (nSPS) is 10.7. The second kappa shape index (κ2) is 9.50. The van der Waals surface area contributed by atoms with E-state index >= 15 is 0 Å². The molecular weight excluding hydrogens is 394 g/mol. The zero-order valence-electron chi connectivity index (χ0n) is 17.0. The van der Waals surface area contributed by atoms with E-state index in [-0.39, 0.29) is 0 Å². The summed E-state index contributed by atoms with van der Waals surface area (Å²) in [6.45, 7) is 2.87. The molecule has 4 aromatic rings. The van der Waals surface area contributed by atoms with Crippen LogP contribution in [-0.4, -0.2) is 21.9 Å². The molecule has 0 saturated heterocycles. The molecular formula is C24H23N3O2S. The van der Waals surface area contributed by atoms with Gasteiger partial charge in [-0.3, -0.25) is 0 Å². The van der Waals surface area contributed by atoms with Gasteiger partial charge >= 0.3 is 0 Å². The van der Waals surface area contributed by atoms with Gasteiger partial charge in [-0.25, -0.2) is 0 Å². The van der Waals surface area contributed by atoms with Crippen molar-refractivity contribution < 1.29 is 9.47 Å². The fraction of sp³-hybridized carbons (Fsp3) is 0.167. The molecule has 3 aromatic carbocycles. The Morgan fingerprint density at radius 2 is 1.57 bits per heavy atom. The van der Waals surface area contributed by atoms with Crippen LogP contribution in [0.3, 0.4) is 0 Å². The van der Waals surface area contributed by atoms with Crippen LogP contribution in [0.15, 0.2) is 84.0 Å². The Bertz CT molecular complexity index is 1100. The van der Waals surface area contributed by atoms with Gasteiger partial charge in [-0.2, -0.15) is 0 Å². The predicted octanol–water partition coefficient (Wildman–Crippen LogP) is 6.06. The van der Waals surface area contributed by atoms with Crippen molar-refractivity contribution in [2.75, 3.05) is 7.11 Å². The molecule has 30 heavy (non-hydrogen) atoms. The molecule has 0 aliphatic carbocycles. The molecule has 0 N–H and O–H groups in total. The summed E-state index contributed by atoms with van der Waals surface area (Å²) < 4.78 is 13.5. The smallest absolute Gasteiger partial charge is 0.191 e. The first-order valence-electron chi connectivity index (χ1n) is 9.79. The summed E-state index contributed by atoms with van der Waals surface area (Å²) in [6, 6.07) is 25.8. The summed E-state index contributed by atoms with van der Waals surface area (Å²) in [5, 5.41) is 9.83. The molecule has 0 fully saturated rings. The topological polar surface area (TPSA) is 49.2 Å². The lowest BCUT2D eigenvalue weighted by Crippen LogP contribution is -2.01. The molecule has 0 radical (unpaired) electrons. The van der Waals surface area contributed by atoms with Crippen molar-refractivity contribution >= 4 is 11.8 Å². The summed E-state index contributed by atoms with van der Waals surface area (Å²) >= 11 is 1.67. The van der Waals surface area contributed by atoms with Crippen molar-refractivity contribution in [1.82, 2.24) is 14.8 Å². The molecule has 0 atom stereocenters. The van der Waals surface area contributed by atoms with Crippen LogP contribution in [0.5, 0.6) is 17.2 Å². The molecule has 0 aliphatic heterocycles. The van der Waals surface area contributed by atoms with Crippen LogP contribution in [0, 0.1) is 0 Å². The summed E-state index contributed by atoms with van der Waals surface area (Å²) in [5.74, 6) is 4.03. The van der Waals surface area contributed by atoms with Crippen molar-refractivity contribution in [2.45, 2.75) is 24.4 Å². The van der Waals surface area contributed by atoms with Gasteiger partial charge < -0.3 is 14.0 Å². The Labute approximate surface area is 180 Å². The number of aromatic nitrogens is 3. The molecule has 0 bridgehead atoms. The molecule has 4 rings (SSSR count). The first kappa shape index (κ1) is 20.0. The van der Waals surface area contributed by atoms with Gasteiger partial charge in [0.15, 0.2) is 11.0 Å². The molecule has 1 aromatic heterocycles. The monoisotopic (exact) mass is 417 g/mol. The number of hydrogen-bond acceptors (Lipinski definition) is 5. The van der Waals surface area contributed by atoms with E-state index in [9.17, 15) is 0 Å². The maximum absolute atomic E-state index is 6.12. The predicted molar refractivity (Wildman–Crippen MR) is 120 cm³/mol. The van der Waals surface area contributed by atoms with Crippen LogP contribution in [0.2, 0.25) is 0 Å². The summed E-state index contributed by atoms with van der Waals surface area (Å²) in [6.07, 6.45) is 0. The van der Waals surface area contributed by atoms with Crippen molar-refractivity contribution in [3.63, 3.8) is 0 Å². The maximum atomic E-state index is 6.12. The highest BCUT2D eigenvalue weighted by atomic mass is 32.2. The van der Waals surface area contributed by atoms with Crippen LogP contribution in [0.25, 0.3) is 11.4 Å². The molecule has 6 heteroatoms. The molecule has 0 spiro atoms. The van der Waals surface area contributed by atoms with Crippen LogP contribution in [-0.2, 0) is 12.3 Å². The van der Waals surface area contributed by atoms with E-state index in [0.29, 0.717) is 0 Å². The fourth-order valence-corrected chi connectivity index (χ4v) is 4.06. The average molecular weight is 418 g/mol. The lowest BCUT2D eigenvalue weighted by atomic mass is 10.2. The Kier molecular flexibility index (Phi) is 6.35. The molecule has 0 amide bonds. The van der Waals surface area contributed by atoms with Crippen molar-refractivity contribution in [1.29, 1.82) is 0 Å². The van der Waals surface area contributed by atoms with Crippen LogP contribution in [0.4, 0.5) is 0 Å². The minimum Gasteiger partial charge on any atom is -0.497 e. The number of nitrogens with zero attached hydrogens (tertiary/aromatic N) is 3. The Morgan fingerprint density at radius 1 is 0.833 bits per heavy atom. The third-order valence-corrected chi connectivity index (χ3v) is 5.70. The molecule has 0 unspecified atom stereocenters. The highest BCUT2D eigenvalue weighted by Gasteiger charge is 2.17. The lowest BCUT2D eigenvalue weighted by molar-refractivity contribution is 0.414. The number of hydrogen-bond donors (Lipinski definition) is 0. The highest BCUT2D eigenvalue weighted by molar-refractivity contribution is 7.98. The summed E-state index contributed by atoms with van der Waals surface area (Å²) in [4.78, 5) is 0. The van der Waals surface area contributed by atoms with Gasteiger partial charge in [0.05, 0.1) is 12.7 Å². The number of ether oxygens (including phenoxy) is 2. The Morgan fingerprint density at radius 3 is 2.30 bits per heavy atom. The first-order valence-corrected chi connectivity index (χ1v) is 10.8. The number of benzene rings is 3. The van der Waals surface area contributed by atoms with Gasteiger partial charge in [0.1, 0.15) is 17.2 Å². The van der Waals surface area contributed by atoms with Gasteiger partial charge in [0, 0.05) is 12.3 Å². The summed E-state index contributed by atoms with van der Waals surface area (Å²) in [7, 11) is 1.67. The zero-order chi connectivity index (χ0) is 20.8. The largest absolute Gasteiger partial charge is 0.497 e. The quantitative estimate of drug-likeness (QED) is 0.326. The zero-order valence-corrected chi connectivity index (χ0v) is 17.8. The minimum absolute atomic E-state index is 0.762. The second-order valence-corrected chi connectivity index (χ2v) is 7.54. The third kappa shape index (κ3) is 4.49. The van der Waals surface area contributed by atoms with Gasteiger partial charge in [0.25, 0.3) is 0 Å². The lowest BCUT2D eigenvalue weighted by Gasteiger charge is -2.12. The van der Waals surface area contributed by atoms with Crippen molar-refractivity contribution in [3.05, 3.63) is 84.4 Å². The van der Waals surface area contributed by atoms with Gasteiger partial charge in [-0.1, -0.05) is 54.2 Å². The molecule has 5 nitrogen and oxygen atoms in total. The number of thioether (sulfide) groups is 1. The number of methoxy groups -OCH3 is 1.